The molecule has 0 aromatic heterocycles. The van der Waals surface area contributed by atoms with Crippen LogP contribution in [-0.4, -0.2) is 20.3 Å². The van der Waals surface area contributed by atoms with Gasteiger partial charge in [0.05, 0.1) is 19.8 Å². The lowest BCUT2D eigenvalue weighted by atomic mass is 10.0. The van der Waals surface area contributed by atoms with E-state index in [1.54, 1.807) is 7.11 Å². The number of rotatable bonds is 6. The third-order valence-corrected chi connectivity index (χ3v) is 2.43. The van der Waals surface area contributed by atoms with Gasteiger partial charge in [-0.3, -0.25) is 0 Å². The molecule has 3 nitrogen and oxygen atoms in total. The molecule has 0 fully saturated rings. The van der Waals surface area contributed by atoms with Crippen LogP contribution in [-0.2, 0) is 4.74 Å². The molecule has 0 amide bonds. The van der Waals surface area contributed by atoms with E-state index in [1.807, 2.05) is 19.1 Å². The van der Waals surface area contributed by atoms with E-state index >= 15 is 0 Å². The van der Waals surface area contributed by atoms with Crippen molar-refractivity contribution < 1.29 is 9.47 Å². The van der Waals surface area contributed by atoms with Crippen LogP contribution in [0.2, 0.25) is 0 Å². The minimum Gasteiger partial charge on any atom is -0.496 e. The fourth-order valence-corrected chi connectivity index (χ4v) is 1.59. The van der Waals surface area contributed by atoms with Crippen molar-refractivity contribution in [2.45, 2.75) is 26.3 Å². The number of ether oxygens (including phenoxy) is 2. The van der Waals surface area contributed by atoms with Gasteiger partial charge in [0.25, 0.3) is 0 Å². The quantitative estimate of drug-likeness (QED) is 0.753. The molecule has 2 N–H and O–H groups in total. The van der Waals surface area contributed by atoms with E-state index in [9.17, 15) is 0 Å². The van der Waals surface area contributed by atoms with Gasteiger partial charge in [0.1, 0.15) is 5.75 Å². The maximum atomic E-state index is 6.08. The number of aryl methyl sites for hydroxylation is 1. The smallest absolute Gasteiger partial charge is 0.123 e. The lowest BCUT2D eigenvalue weighted by Gasteiger charge is -2.16. The lowest BCUT2D eigenvalue weighted by Crippen LogP contribution is -2.18. The molecule has 16 heavy (non-hydrogen) atoms. The first-order chi connectivity index (χ1) is 7.69. The molecule has 0 heterocycles. The predicted octanol–water partition coefficient (Wildman–Crippen LogP) is 2.43. The van der Waals surface area contributed by atoms with Crippen molar-refractivity contribution >= 4 is 0 Å². The van der Waals surface area contributed by atoms with Crippen LogP contribution in [0, 0.1) is 6.92 Å². The molecule has 0 bridgehead atoms. The van der Waals surface area contributed by atoms with Crippen molar-refractivity contribution in [2.24, 2.45) is 5.73 Å². The summed E-state index contributed by atoms with van der Waals surface area (Å²) in [6, 6.07) is 5.90. The average Bonchev–Trinajstić information content (AvgIpc) is 2.29. The maximum Gasteiger partial charge on any atom is 0.123 e. The van der Waals surface area contributed by atoms with Crippen LogP contribution in [0.5, 0.6) is 5.75 Å². The van der Waals surface area contributed by atoms with Crippen LogP contribution in [0.15, 0.2) is 18.2 Å². The molecule has 0 aliphatic heterocycles. The van der Waals surface area contributed by atoms with Gasteiger partial charge >= 0.3 is 0 Å². The highest BCUT2D eigenvalue weighted by Gasteiger charge is 2.12. The van der Waals surface area contributed by atoms with Gasteiger partial charge < -0.3 is 15.2 Å². The molecule has 0 saturated heterocycles. The van der Waals surface area contributed by atoms with Crippen LogP contribution >= 0.6 is 0 Å². The van der Waals surface area contributed by atoms with E-state index in [0.29, 0.717) is 6.61 Å². The zero-order valence-corrected chi connectivity index (χ0v) is 10.3. The lowest BCUT2D eigenvalue weighted by molar-refractivity contribution is 0.121. The Hall–Kier alpha value is -1.06. The molecular formula is C13H21NO2. The van der Waals surface area contributed by atoms with E-state index in [4.69, 9.17) is 15.2 Å². The van der Waals surface area contributed by atoms with Crippen molar-refractivity contribution in [3.63, 3.8) is 0 Å². The predicted molar refractivity (Wildman–Crippen MR) is 65.8 cm³/mol. The third kappa shape index (κ3) is 3.51. The molecular weight excluding hydrogens is 202 g/mol. The second kappa shape index (κ2) is 6.51. The van der Waals surface area contributed by atoms with Crippen molar-refractivity contribution in [1.29, 1.82) is 0 Å². The molecule has 1 atom stereocenters. The van der Waals surface area contributed by atoms with Gasteiger partial charge in [-0.2, -0.15) is 0 Å². The molecule has 1 aromatic rings. The van der Waals surface area contributed by atoms with Crippen LogP contribution in [0.1, 0.15) is 30.5 Å². The van der Waals surface area contributed by atoms with Gasteiger partial charge in [0, 0.05) is 12.2 Å². The monoisotopic (exact) mass is 223 g/mol. The molecule has 0 radical (unpaired) electrons. The number of hydrogen-bond donors (Lipinski definition) is 1. The van der Waals surface area contributed by atoms with E-state index in [0.717, 1.165) is 24.3 Å². The Kier molecular flexibility index (Phi) is 5.29. The summed E-state index contributed by atoms with van der Waals surface area (Å²) in [6.45, 7) is 5.41. The second-order valence-electron chi connectivity index (χ2n) is 3.93. The fourth-order valence-electron chi connectivity index (χ4n) is 1.59. The first-order valence-electron chi connectivity index (χ1n) is 5.67. The molecule has 0 saturated carbocycles. The number of benzene rings is 1. The van der Waals surface area contributed by atoms with Gasteiger partial charge in [0.15, 0.2) is 0 Å². The number of nitrogens with two attached hydrogens (primary N) is 1. The molecule has 3 heteroatoms. The Bertz CT molecular complexity index is 326. The summed E-state index contributed by atoms with van der Waals surface area (Å²) in [4.78, 5) is 0. The highest BCUT2D eigenvalue weighted by molar-refractivity contribution is 5.39. The number of methoxy groups -OCH3 is 1. The zero-order valence-electron chi connectivity index (χ0n) is 10.3. The van der Waals surface area contributed by atoms with Gasteiger partial charge in [-0.1, -0.05) is 24.6 Å². The van der Waals surface area contributed by atoms with E-state index in [1.165, 1.54) is 5.56 Å². The SMILES string of the molecule is CCCOCC(N)c1cc(C)ccc1OC. The van der Waals surface area contributed by atoms with Crippen LogP contribution in [0.25, 0.3) is 0 Å². The van der Waals surface area contributed by atoms with E-state index in [-0.39, 0.29) is 6.04 Å². The topological polar surface area (TPSA) is 44.5 Å². The minimum atomic E-state index is -0.124. The molecule has 0 aliphatic carbocycles. The first kappa shape index (κ1) is 13.0. The van der Waals surface area contributed by atoms with E-state index < -0.39 is 0 Å². The van der Waals surface area contributed by atoms with Crippen LogP contribution in [0.4, 0.5) is 0 Å². The maximum absolute atomic E-state index is 6.08. The Morgan fingerprint density at radius 1 is 1.38 bits per heavy atom. The first-order valence-corrected chi connectivity index (χ1v) is 5.67. The largest absolute Gasteiger partial charge is 0.496 e. The Morgan fingerprint density at radius 3 is 2.75 bits per heavy atom. The standard InChI is InChI=1S/C13H21NO2/c1-4-7-16-9-12(14)11-8-10(2)5-6-13(11)15-3/h5-6,8,12H,4,7,9,14H2,1-3H3. The van der Waals surface area contributed by atoms with Crippen molar-refractivity contribution in [3.05, 3.63) is 29.3 Å². The summed E-state index contributed by atoms with van der Waals surface area (Å²) >= 11 is 0. The summed E-state index contributed by atoms with van der Waals surface area (Å²) in [5.41, 5.74) is 8.27. The van der Waals surface area contributed by atoms with Gasteiger partial charge in [-0.25, -0.2) is 0 Å². The Morgan fingerprint density at radius 2 is 2.12 bits per heavy atom. The summed E-state index contributed by atoms with van der Waals surface area (Å²) in [6.07, 6.45) is 1.01. The highest BCUT2D eigenvalue weighted by atomic mass is 16.5. The minimum absolute atomic E-state index is 0.124. The Labute approximate surface area is 97.6 Å². The average molecular weight is 223 g/mol. The van der Waals surface area contributed by atoms with Gasteiger partial charge in [-0.05, 0) is 19.4 Å². The third-order valence-electron chi connectivity index (χ3n) is 2.43. The molecule has 90 valence electrons. The van der Waals surface area contributed by atoms with Gasteiger partial charge in [0.2, 0.25) is 0 Å². The van der Waals surface area contributed by atoms with Gasteiger partial charge in [-0.15, -0.1) is 0 Å². The highest BCUT2D eigenvalue weighted by Crippen LogP contribution is 2.25. The Balaban J connectivity index is 2.72. The molecule has 0 spiro atoms. The normalized spacial score (nSPS) is 12.5. The van der Waals surface area contributed by atoms with E-state index in [2.05, 4.69) is 13.0 Å². The fraction of sp³-hybridized carbons (Fsp3) is 0.538. The van der Waals surface area contributed by atoms with Crippen LogP contribution < -0.4 is 10.5 Å². The zero-order chi connectivity index (χ0) is 12.0. The summed E-state index contributed by atoms with van der Waals surface area (Å²) in [5, 5.41) is 0. The molecule has 1 unspecified atom stereocenters. The van der Waals surface area contributed by atoms with Crippen LogP contribution in [0.3, 0.4) is 0 Å². The molecule has 1 aromatic carbocycles. The summed E-state index contributed by atoms with van der Waals surface area (Å²) in [5.74, 6) is 0.832. The second-order valence-corrected chi connectivity index (χ2v) is 3.93. The van der Waals surface area contributed by atoms with Crippen molar-refractivity contribution in [3.8, 4) is 5.75 Å². The number of hydrogen-bond acceptors (Lipinski definition) is 3. The summed E-state index contributed by atoms with van der Waals surface area (Å²) in [7, 11) is 1.66. The summed E-state index contributed by atoms with van der Waals surface area (Å²) < 4.78 is 10.8. The molecule has 1 rings (SSSR count). The molecule has 0 aliphatic rings. The van der Waals surface area contributed by atoms with Crippen molar-refractivity contribution in [1.82, 2.24) is 0 Å². The van der Waals surface area contributed by atoms with Crippen molar-refractivity contribution in [2.75, 3.05) is 20.3 Å².